The molecule has 0 saturated heterocycles. The minimum Gasteiger partial charge on any atom is -0.367 e. The SMILES string of the molecule is C[C@H]1CCCC[C@H]1Nc1cccc(F)n1. The quantitative estimate of drug-likeness (QED) is 0.755. The van der Waals surface area contributed by atoms with Gasteiger partial charge in [-0.2, -0.15) is 4.39 Å². The summed E-state index contributed by atoms with van der Waals surface area (Å²) in [5, 5.41) is 3.32. The molecule has 1 fully saturated rings. The fraction of sp³-hybridized carbons (Fsp3) is 0.583. The fourth-order valence-electron chi connectivity index (χ4n) is 2.21. The number of nitrogens with one attached hydrogen (secondary N) is 1. The molecule has 1 aromatic heterocycles. The van der Waals surface area contributed by atoms with Crippen LogP contribution in [0.15, 0.2) is 18.2 Å². The summed E-state index contributed by atoms with van der Waals surface area (Å²) in [5.41, 5.74) is 0. The number of hydrogen-bond acceptors (Lipinski definition) is 2. The normalized spacial score (nSPS) is 26.3. The van der Waals surface area contributed by atoms with Gasteiger partial charge in [0, 0.05) is 6.04 Å². The summed E-state index contributed by atoms with van der Waals surface area (Å²) >= 11 is 0. The lowest BCUT2D eigenvalue weighted by atomic mass is 9.86. The maximum absolute atomic E-state index is 12.9. The number of hydrogen-bond donors (Lipinski definition) is 1. The smallest absolute Gasteiger partial charge is 0.214 e. The topological polar surface area (TPSA) is 24.9 Å². The van der Waals surface area contributed by atoms with E-state index in [9.17, 15) is 4.39 Å². The van der Waals surface area contributed by atoms with Gasteiger partial charge in [-0.05, 0) is 30.9 Å². The maximum Gasteiger partial charge on any atom is 0.214 e. The summed E-state index contributed by atoms with van der Waals surface area (Å²) in [5.74, 6) is 0.904. The van der Waals surface area contributed by atoms with Crippen molar-refractivity contribution in [2.24, 2.45) is 5.92 Å². The van der Waals surface area contributed by atoms with Crippen molar-refractivity contribution in [3.63, 3.8) is 0 Å². The predicted molar refractivity (Wildman–Crippen MR) is 59.2 cm³/mol. The van der Waals surface area contributed by atoms with E-state index in [1.165, 1.54) is 31.7 Å². The van der Waals surface area contributed by atoms with E-state index in [1.807, 2.05) is 6.07 Å². The molecule has 82 valence electrons. The molecule has 0 unspecified atom stereocenters. The van der Waals surface area contributed by atoms with Crippen molar-refractivity contribution in [2.45, 2.75) is 38.6 Å². The summed E-state index contributed by atoms with van der Waals surface area (Å²) in [4.78, 5) is 3.82. The van der Waals surface area contributed by atoms with Gasteiger partial charge in [0.1, 0.15) is 5.82 Å². The first-order valence-corrected chi connectivity index (χ1v) is 5.65. The first-order valence-electron chi connectivity index (χ1n) is 5.65. The van der Waals surface area contributed by atoms with E-state index < -0.39 is 5.95 Å². The predicted octanol–water partition coefficient (Wildman–Crippen LogP) is 3.21. The van der Waals surface area contributed by atoms with Crippen LogP contribution >= 0.6 is 0 Å². The molecule has 2 atom stereocenters. The molecule has 0 aromatic carbocycles. The highest BCUT2D eigenvalue weighted by Crippen LogP contribution is 2.26. The standard InChI is InChI=1S/C12H17FN2/c1-9-5-2-3-6-10(9)14-12-8-4-7-11(13)15-12/h4,7-10H,2-3,5-6H2,1H3,(H,14,15)/t9-,10+/m0/s1. The van der Waals surface area contributed by atoms with E-state index in [4.69, 9.17) is 0 Å². The lowest BCUT2D eigenvalue weighted by molar-refractivity contribution is 0.348. The summed E-state index contributed by atoms with van der Waals surface area (Å²) in [7, 11) is 0. The Morgan fingerprint density at radius 2 is 2.13 bits per heavy atom. The van der Waals surface area contributed by atoms with Gasteiger partial charge >= 0.3 is 0 Å². The third kappa shape index (κ3) is 2.67. The van der Waals surface area contributed by atoms with E-state index >= 15 is 0 Å². The number of aromatic nitrogens is 1. The molecule has 1 aliphatic carbocycles. The first kappa shape index (κ1) is 10.4. The third-order valence-electron chi connectivity index (χ3n) is 3.16. The van der Waals surface area contributed by atoms with Crippen molar-refractivity contribution in [3.05, 3.63) is 24.1 Å². The van der Waals surface area contributed by atoms with Crippen LogP contribution in [0.3, 0.4) is 0 Å². The minimum absolute atomic E-state index is 0.413. The number of halogens is 1. The highest BCUT2D eigenvalue weighted by Gasteiger charge is 2.21. The molecular formula is C12H17FN2. The molecule has 1 aromatic rings. The number of anilines is 1. The van der Waals surface area contributed by atoms with Crippen LogP contribution in [-0.2, 0) is 0 Å². The lowest BCUT2D eigenvalue weighted by Gasteiger charge is -2.29. The number of pyridine rings is 1. The molecule has 3 heteroatoms. The van der Waals surface area contributed by atoms with Gasteiger partial charge in [0.2, 0.25) is 5.95 Å². The largest absolute Gasteiger partial charge is 0.367 e. The van der Waals surface area contributed by atoms with Crippen LogP contribution in [0.25, 0.3) is 0 Å². The minimum atomic E-state index is -0.413. The Kier molecular flexibility index (Phi) is 3.19. The van der Waals surface area contributed by atoms with Crippen LogP contribution in [-0.4, -0.2) is 11.0 Å². The zero-order valence-corrected chi connectivity index (χ0v) is 9.04. The highest BCUT2D eigenvalue weighted by molar-refractivity contribution is 5.35. The van der Waals surface area contributed by atoms with Gasteiger partial charge in [-0.15, -0.1) is 0 Å². The van der Waals surface area contributed by atoms with Gasteiger partial charge in [-0.25, -0.2) is 4.98 Å². The molecule has 15 heavy (non-hydrogen) atoms. The van der Waals surface area contributed by atoms with Crippen LogP contribution in [0.2, 0.25) is 0 Å². The highest BCUT2D eigenvalue weighted by atomic mass is 19.1. The van der Waals surface area contributed by atoms with Crippen molar-refractivity contribution in [2.75, 3.05) is 5.32 Å². The van der Waals surface area contributed by atoms with Crippen molar-refractivity contribution in [1.82, 2.24) is 4.98 Å². The van der Waals surface area contributed by atoms with Crippen LogP contribution in [0.5, 0.6) is 0 Å². The summed E-state index contributed by atoms with van der Waals surface area (Å²) in [6, 6.07) is 5.34. The van der Waals surface area contributed by atoms with Crippen molar-refractivity contribution in [3.8, 4) is 0 Å². The van der Waals surface area contributed by atoms with E-state index in [0.717, 1.165) is 0 Å². The second-order valence-electron chi connectivity index (χ2n) is 4.36. The molecule has 1 heterocycles. The first-order chi connectivity index (χ1) is 7.25. The Morgan fingerprint density at radius 1 is 1.33 bits per heavy atom. The lowest BCUT2D eigenvalue weighted by Crippen LogP contribution is -2.30. The molecule has 0 spiro atoms. The molecule has 0 radical (unpaired) electrons. The molecule has 2 rings (SSSR count). The average Bonchev–Trinajstić information content (AvgIpc) is 2.22. The molecule has 1 aliphatic rings. The van der Waals surface area contributed by atoms with Gasteiger partial charge in [0.15, 0.2) is 0 Å². The van der Waals surface area contributed by atoms with Crippen LogP contribution < -0.4 is 5.32 Å². The monoisotopic (exact) mass is 208 g/mol. The molecule has 0 aliphatic heterocycles. The summed E-state index contributed by atoms with van der Waals surface area (Å²) < 4.78 is 12.9. The maximum atomic E-state index is 12.9. The number of nitrogens with zero attached hydrogens (tertiary/aromatic N) is 1. The zero-order valence-electron chi connectivity index (χ0n) is 9.04. The Balaban J connectivity index is 2.01. The second-order valence-corrected chi connectivity index (χ2v) is 4.36. The van der Waals surface area contributed by atoms with E-state index in [0.29, 0.717) is 17.8 Å². The molecule has 1 saturated carbocycles. The second kappa shape index (κ2) is 4.60. The average molecular weight is 208 g/mol. The van der Waals surface area contributed by atoms with Crippen LogP contribution in [0, 0.1) is 11.9 Å². The Labute approximate surface area is 89.9 Å². The summed E-state index contributed by atoms with van der Waals surface area (Å²) in [6.45, 7) is 2.25. The van der Waals surface area contributed by atoms with E-state index in [2.05, 4.69) is 17.2 Å². The van der Waals surface area contributed by atoms with Gasteiger partial charge in [0.25, 0.3) is 0 Å². The van der Waals surface area contributed by atoms with E-state index in [-0.39, 0.29) is 0 Å². The molecule has 0 bridgehead atoms. The van der Waals surface area contributed by atoms with Gasteiger partial charge in [-0.3, -0.25) is 0 Å². The van der Waals surface area contributed by atoms with Crippen LogP contribution in [0.1, 0.15) is 32.6 Å². The molecule has 1 N–H and O–H groups in total. The zero-order chi connectivity index (χ0) is 10.7. The molecular weight excluding hydrogens is 191 g/mol. The van der Waals surface area contributed by atoms with Gasteiger partial charge in [0.05, 0.1) is 0 Å². The van der Waals surface area contributed by atoms with Crippen molar-refractivity contribution in [1.29, 1.82) is 0 Å². The van der Waals surface area contributed by atoms with E-state index in [1.54, 1.807) is 6.07 Å². The Bertz CT molecular complexity index is 327. The number of rotatable bonds is 2. The third-order valence-corrected chi connectivity index (χ3v) is 3.16. The fourth-order valence-corrected chi connectivity index (χ4v) is 2.21. The summed E-state index contributed by atoms with van der Waals surface area (Å²) in [6.07, 6.45) is 5.00. The molecule has 0 amide bonds. The Morgan fingerprint density at radius 3 is 2.87 bits per heavy atom. The molecule has 2 nitrogen and oxygen atoms in total. The van der Waals surface area contributed by atoms with Crippen molar-refractivity contribution < 1.29 is 4.39 Å². The van der Waals surface area contributed by atoms with Crippen LogP contribution in [0.4, 0.5) is 10.2 Å². The Hall–Kier alpha value is -1.12. The van der Waals surface area contributed by atoms with Gasteiger partial charge < -0.3 is 5.32 Å². The van der Waals surface area contributed by atoms with Gasteiger partial charge in [-0.1, -0.05) is 25.8 Å². The van der Waals surface area contributed by atoms with Crippen molar-refractivity contribution >= 4 is 5.82 Å².